The highest BCUT2D eigenvalue weighted by Crippen LogP contribution is 2.35. The number of aromatic amines is 2. The molecule has 0 bridgehead atoms. The summed E-state index contributed by atoms with van der Waals surface area (Å²) in [4.78, 5) is 21.0. The highest BCUT2D eigenvalue weighted by atomic mass is 16.5. The van der Waals surface area contributed by atoms with Gasteiger partial charge in [-0.05, 0) is 72.9 Å². The minimum absolute atomic E-state index is 0.175. The normalized spacial score (nSPS) is 12.3. The lowest BCUT2D eigenvalue weighted by molar-refractivity contribution is 0.102. The highest BCUT2D eigenvalue weighted by Gasteiger charge is 2.25. The number of hydrogen-bond donors (Lipinski definition) is 3. The number of amides is 1. The van der Waals surface area contributed by atoms with Crippen molar-refractivity contribution < 1.29 is 9.53 Å². The Kier molecular flexibility index (Phi) is 5.29. The number of nitrogens with zero attached hydrogens (tertiary/aromatic N) is 2. The van der Waals surface area contributed by atoms with Crippen LogP contribution in [0.3, 0.4) is 0 Å². The summed E-state index contributed by atoms with van der Waals surface area (Å²) in [5.41, 5.74) is 8.57. The molecule has 35 heavy (non-hydrogen) atoms. The summed E-state index contributed by atoms with van der Waals surface area (Å²) in [5, 5.41) is 10.4. The van der Waals surface area contributed by atoms with Crippen LogP contribution in [0.4, 0.5) is 5.69 Å². The Morgan fingerprint density at radius 1 is 1.03 bits per heavy atom. The quantitative estimate of drug-likeness (QED) is 0.327. The standard InChI is InChI=1S/C28H25N5O2/c1-35-20-12-14-21-18(16-20)9-13-22-26(21)32-33-27(22)28(34)29-19-10-6-17(7-11-19)8-15-25-30-23-4-2-3-5-24(23)31-25/h2-7,10-12,14,16H,8-9,13,15H2,1H3,(H,29,34)(H,30,31)(H,32,33). The van der Waals surface area contributed by atoms with Gasteiger partial charge in [-0.15, -0.1) is 0 Å². The number of carbonyl (C=O) groups is 1. The number of methoxy groups -OCH3 is 1. The molecule has 1 aliphatic carbocycles. The predicted molar refractivity (Wildman–Crippen MR) is 136 cm³/mol. The number of H-pyrrole nitrogens is 2. The van der Waals surface area contributed by atoms with E-state index >= 15 is 0 Å². The molecular formula is C28H25N5O2. The molecular weight excluding hydrogens is 438 g/mol. The number of aryl methyl sites for hydroxylation is 3. The number of nitrogens with one attached hydrogen (secondary N) is 3. The van der Waals surface area contributed by atoms with Gasteiger partial charge in [-0.1, -0.05) is 24.3 Å². The molecule has 0 saturated carbocycles. The van der Waals surface area contributed by atoms with Crippen molar-refractivity contribution in [2.75, 3.05) is 12.4 Å². The Morgan fingerprint density at radius 2 is 1.89 bits per heavy atom. The van der Waals surface area contributed by atoms with Gasteiger partial charge in [0, 0.05) is 23.2 Å². The molecule has 0 spiro atoms. The van der Waals surface area contributed by atoms with E-state index in [1.807, 2.05) is 66.7 Å². The molecule has 174 valence electrons. The van der Waals surface area contributed by atoms with Crippen LogP contribution in [-0.4, -0.2) is 33.2 Å². The molecule has 3 N–H and O–H groups in total. The molecule has 0 aliphatic heterocycles. The van der Waals surface area contributed by atoms with E-state index in [1.165, 1.54) is 11.1 Å². The maximum Gasteiger partial charge on any atom is 0.273 e. The van der Waals surface area contributed by atoms with E-state index in [4.69, 9.17) is 4.74 Å². The zero-order valence-corrected chi connectivity index (χ0v) is 19.4. The molecule has 6 rings (SSSR count). The summed E-state index contributed by atoms with van der Waals surface area (Å²) >= 11 is 0. The first kappa shape index (κ1) is 21.2. The van der Waals surface area contributed by atoms with E-state index in [2.05, 4.69) is 25.5 Å². The van der Waals surface area contributed by atoms with Crippen molar-refractivity contribution in [3.8, 4) is 17.0 Å². The van der Waals surface area contributed by atoms with E-state index in [1.54, 1.807) is 7.11 Å². The molecule has 7 nitrogen and oxygen atoms in total. The first-order valence-electron chi connectivity index (χ1n) is 11.8. The maximum atomic E-state index is 13.0. The van der Waals surface area contributed by atoms with Crippen LogP contribution >= 0.6 is 0 Å². The second kappa shape index (κ2) is 8.76. The summed E-state index contributed by atoms with van der Waals surface area (Å²) in [6.07, 6.45) is 3.30. The van der Waals surface area contributed by atoms with Crippen LogP contribution in [0.15, 0.2) is 66.7 Å². The number of benzene rings is 3. The predicted octanol–water partition coefficient (Wildman–Crippen LogP) is 5.10. The topological polar surface area (TPSA) is 95.7 Å². The van der Waals surface area contributed by atoms with Crippen molar-refractivity contribution >= 4 is 22.6 Å². The van der Waals surface area contributed by atoms with E-state index in [9.17, 15) is 4.79 Å². The summed E-state index contributed by atoms with van der Waals surface area (Å²) in [6, 6.07) is 22.0. The minimum atomic E-state index is -0.175. The van der Waals surface area contributed by atoms with Crippen LogP contribution in [0.5, 0.6) is 5.75 Å². The lowest BCUT2D eigenvalue weighted by atomic mass is 9.89. The second-order valence-electron chi connectivity index (χ2n) is 8.80. The zero-order chi connectivity index (χ0) is 23.8. The van der Waals surface area contributed by atoms with E-state index in [0.717, 1.165) is 70.8 Å². The molecule has 7 heteroatoms. The van der Waals surface area contributed by atoms with Gasteiger partial charge in [0.05, 0.1) is 23.8 Å². The summed E-state index contributed by atoms with van der Waals surface area (Å²) in [6.45, 7) is 0. The molecule has 2 aromatic heterocycles. The largest absolute Gasteiger partial charge is 0.497 e. The highest BCUT2D eigenvalue weighted by molar-refractivity contribution is 6.05. The number of ether oxygens (including phenoxy) is 1. The van der Waals surface area contributed by atoms with Crippen molar-refractivity contribution in [2.45, 2.75) is 25.7 Å². The SMILES string of the molecule is COc1ccc2c(c1)CCc1c-2n[nH]c1C(=O)Nc1ccc(CCc2nc3ccccc3[nH]2)cc1. The van der Waals surface area contributed by atoms with Crippen LogP contribution in [0.1, 0.15) is 33.0 Å². The Balaban J connectivity index is 1.12. The zero-order valence-electron chi connectivity index (χ0n) is 19.4. The summed E-state index contributed by atoms with van der Waals surface area (Å²) in [7, 11) is 1.67. The molecule has 0 radical (unpaired) electrons. The molecule has 0 atom stereocenters. The Hall–Kier alpha value is -4.39. The van der Waals surface area contributed by atoms with Gasteiger partial charge in [-0.2, -0.15) is 5.10 Å². The van der Waals surface area contributed by atoms with E-state index < -0.39 is 0 Å². The Morgan fingerprint density at radius 3 is 2.71 bits per heavy atom. The van der Waals surface area contributed by atoms with Crippen molar-refractivity contribution in [2.24, 2.45) is 0 Å². The number of aromatic nitrogens is 4. The smallest absolute Gasteiger partial charge is 0.273 e. The van der Waals surface area contributed by atoms with Crippen LogP contribution in [0.2, 0.25) is 0 Å². The van der Waals surface area contributed by atoms with Crippen molar-refractivity contribution in [3.05, 3.63) is 94.9 Å². The molecule has 1 amide bonds. The summed E-state index contributed by atoms with van der Waals surface area (Å²) in [5.74, 6) is 1.64. The van der Waals surface area contributed by atoms with Crippen LogP contribution in [-0.2, 0) is 25.7 Å². The van der Waals surface area contributed by atoms with Crippen molar-refractivity contribution in [1.29, 1.82) is 0 Å². The first-order valence-corrected chi connectivity index (χ1v) is 11.8. The van der Waals surface area contributed by atoms with E-state index in [0.29, 0.717) is 5.69 Å². The lowest BCUT2D eigenvalue weighted by Crippen LogP contribution is -2.15. The third-order valence-electron chi connectivity index (χ3n) is 6.61. The Bertz CT molecular complexity index is 1500. The molecule has 0 unspecified atom stereocenters. The fourth-order valence-corrected chi connectivity index (χ4v) is 4.75. The second-order valence-corrected chi connectivity index (χ2v) is 8.80. The Labute approximate surface area is 202 Å². The number of carbonyl (C=O) groups excluding carboxylic acids is 1. The third kappa shape index (κ3) is 4.05. The average molecular weight is 464 g/mol. The third-order valence-corrected chi connectivity index (χ3v) is 6.61. The molecule has 0 fully saturated rings. The number of anilines is 1. The molecule has 2 heterocycles. The van der Waals surface area contributed by atoms with Crippen LogP contribution < -0.4 is 10.1 Å². The summed E-state index contributed by atoms with van der Waals surface area (Å²) < 4.78 is 5.34. The van der Waals surface area contributed by atoms with Crippen LogP contribution in [0, 0.1) is 0 Å². The van der Waals surface area contributed by atoms with Gasteiger partial charge in [0.25, 0.3) is 5.91 Å². The monoisotopic (exact) mass is 463 g/mol. The molecule has 1 aliphatic rings. The van der Waals surface area contributed by atoms with Gasteiger partial charge < -0.3 is 15.0 Å². The number of para-hydroxylation sites is 2. The average Bonchev–Trinajstić information content (AvgIpc) is 3.52. The number of fused-ring (bicyclic) bond motifs is 4. The number of hydrogen-bond acceptors (Lipinski definition) is 4. The van der Waals surface area contributed by atoms with Crippen molar-refractivity contribution in [1.82, 2.24) is 20.2 Å². The van der Waals surface area contributed by atoms with E-state index in [-0.39, 0.29) is 5.91 Å². The first-order chi connectivity index (χ1) is 17.2. The van der Waals surface area contributed by atoms with Crippen LogP contribution in [0.25, 0.3) is 22.3 Å². The van der Waals surface area contributed by atoms with Gasteiger partial charge in [-0.3, -0.25) is 9.89 Å². The van der Waals surface area contributed by atoms with Crippen molar-refractivity contribution in [3.63, 3.8) is 0 Å². The molecule has 5 aromatic rings. The lowest BCUT2D eigenvalue weighted by Gasteiger charge is -2.17. The number of rotatable bonds is 6. The molecule has 3 aromatic carbocycles. The van der Waals surface area contributed by atoms with Gasteiger partial charge in [0.15, 0.2) is 0 Å². The van der Waals surface area contributed by atoms with Gasteiger partial charge >= 0.3 is 0 Å². The maximum absolute atomic E-state index is 13.0. The van der Waals surface area contributed by atoms with Gasteiger partial charge in [0.1, 0.15) is 17.3 Å². The number of imidazole rings is 1. The fourth-order valence-electron chi connectivity index (χ4n) is 4.75. The van der Waals surface area contributed by atoms with Gasteiger partial charge in [-0.25, -0.2) is 4.98 Å². The fraction of sp³-hybridized carbons (Fsp3) is 0.179. The van der Waals surface area contributed by atoms with Gasteiger partial charge in [0.2, 0.25) is 0 Å². The minimum Gasteiger partial charge on any atom is -0.497 e. The molecule has 0 saturated heterocycles.